The van der Waals surface area contributed by atoms with Gasteiger partial charge in [0.25, 0.3) is 0 Å². The van der Waals surface area contributed by atoms with E-state index in [9.17, 15) is 18.3 Å². The zero-order valence-corrected chi connectivity index (χ0v) is 13.1. The van der Waals surface area contributed by atoms with Crippen LogP contribution in [0, 0.1) is 5.41 Å². The Morgan fingerprint density at radius 2 is 1.95 bits per heavy atom. The molecule has 1 aliphatic carbocycles. The Morgan fingerprint density at radius 1 is 1.33 bits per heavy atom. The molecule has 1 saturated carbocycles. The Morgan fingerprint density at radius 3 is 2.48 bits per heavy atom. The molecule has 0 radical (unpaired) electrons. The second kappa shape index (κ2) is 5.77. The topological polar surface area (TPSA) is 83.5 Å². The van der Waals surface area contributed by atoms with E-state index in [1.165, 1.54) is 12.1 Å². The van der Waals surface area contributed by atoms with Crippen LogP contribution in [-0.2, 0) is 14.6 Å². The normalized spacial score (nSPS) is 24.1. The fourth-order valence-corrected chi connectivity index (χ4v) is 3.65. The van der Waals surface area contributed by atoms with Crippen molar-refractivity contribution in [2.45, 2.75) is 43.7 Å². The van der Waals surface area contributed by atoms with Gasteiger partial charge >= 0.3 is 0 Å². The third kappa shape index (κ3) is 3.44. The van der Waals surface area contributed by atoms with Crippen LogP contribution in [0.1, 0.15) is 26.7 Å². The molecule has 2 atom stereocenters. The molecule has 1 aromatic carbocycles. The average Bonchev–Trinajstić information content (AvgIpc) is 2.46. The van der Waals surface area contributed by atoms with Crippen LogP contribution in [-0.4, -0.2) is 37.3 Å². The summed E-state index contributed by atoms with van der Waals surface area (Å²) in [6, 6.07) is 8.02. The number of carbonyl (C=O) groups excluding carboxylic acids is 1. The summed E-state index contributed by atoms with van der Waals surface area (Å²) >= 11 is 0. The number of aliphatic hydroxyl groups is 1. The van der Waals surface area contributed by atoms with Gasteiger partial charge in [0.15, 0.2) is 9.84 Å². The molecule has 0 saturated heterocycles. The van der Waals surface area contributed by atoms with E-state index in [0.29, 0.717) is 6.42 Å². The van der Waals surface area contributed by atoms with Gasteiger partial charge in [-0.2, -0.15) is 0 Å². The molecule has 1 amide bonds. The van der Waals surface area contributed by atoms with Crippen molar-refractivity contribution >= 4 is 15.7 Å². The second-order valence-electron chi connectivity index (χ2n) is 6.07. The van der Waals surface area contributed by atoms with E-state index >= 15 is 0 Å². The number of amides is 1. The molecule has 6 heteroatoms. The van der Waals surface area contributed by atoms with Crippen molar-refractivity contribution in [1.82, 2.24) is 5.32 Å². The number of hydrogen-bond donors (Lipinski definition) is 2. The molecule has 0 bridgehead atoms. The first-order valence-corrected chi connectivity index (χ1v) is 8.64. The first-order chi connectivity index (χ1) is 9.73. The molecule has 1 fully saturated rings. The molecule has 0 aliphatic heterocycles. The molecule has 2 N–H and O–H groups in total. The number of hydrogen-bond acceptors (Lipinski definition) is 4. The first-order valence-electron chi connectivity index (χ1n) is 6.99. The van der Waals surface area contributed by atoms with Crippen LogP contribution in [0.3, 0.4) is 0 Å². The van der Waals surface area contributed by atoms with Crippen molar-refractivity contribution in [3.8, 4) is 0 Å². The Kier molecular flexibility index (Phi) is 4.39. The summed E-state index contributed by atoms with van der Waals surface area (Å²) in [5.41, 5.74) is -0.353. The van der Waals surface area contributed by atoms with Gasteiger partial charge in [-0.05, 0) is 18.6 Å². The van der Waals surface area contributed by atoms with Gasteiger partial charge in [0.1, 0.15) is 0 Å². The monoisotopic (exact) mass is 311 g/mol. The summed E-state index contributed by atoms with van der Waals surface area (Å²) in [6.45, 7) is 3.76. The first kappa shape index (κ1) is 16.0. The van der Waals surface area contributed by atoms with Crippen LogP contribution < -0.4 is 5.32 Å². The maximum Gasteiger partial charge on any atom is 0.221 e. The summed E-state index contributed by atoms with van der Waals surface area (Å²) < 4.78 is 24.1. The van der Waals surface area contributed by atoms with Crippen molar-refractivity contribution in [1.29, 1.82) is 0 Å². The van der Waals surface area contributed by atoms with Gasteiger partial charge in [0.2, 0.25) is 5.91 Å². The highest BCUT2D eigenvalue weighted by Gasteiger charge is 2.47. The van der Waals surface area contributed by atoms with E-state index < -0.39 is 15.9 Å². The van der Waals surface area contributed by atoms with Crippen LogP contribution >= 0.6 is 0 Å². The molecule has 1 aromatic rings. The second-order valence-corrected chi connectivity index (χ2v) is 8.18. The van der Waals surface area contributed by atoms with Gasteiger partial charge < -0.3 is 10.4 Å². The van der Waals surface area contributed by atoms with E-state index in [4.69, 9.17) is 0 Å². The summed E-state index contributed by atoms with van der Waals surface area (Å²) in [7, 11) is -3.43. The highest BCUT2D eigenvalue weighted by atomic mass is 32.2. The smallest absolute Gasteiger partial charge is 0.221 e. The predicted octanol–water partition coefficient (Wildman–Crippen LogP) is 1.13. The van der Waals surface area contributed by atoms with Crippen molar-refractivity contribution in [2.75, 3.05) is 5.75 Å². The molecule has 2 rings (SSSR count). The minimum atomic E-state index is -3.43. The third-order valence-corrected chi connectivity index (χ3v) is 5.98. The standard InChI is InChI=1S/C15H21NO4S/c1-15(2)12(10-13(15)17)16-14(18)8-9-21(19,20)11-6-4-3-5-7-11/h3-7,12-13,17H,8-10H2,1-2H3,(H,16,18). The lowest BCUT2D eigenvalue weighted by atomic mass is 9.64. The lowest BCUT2D eigenvalue weighted by molar-refractivity contribution is -0.128. The van der Waals surface area contributed by atoms with Gasteiger partial charge in [-0.1, -0.05) is 32.0 Å². The van der Waals surface area contributed by atoms with Gasteiger partial charge in [-0.15, -0.1) is 0 Å². The van der Waals surface area contributed by atoms with Crippen molar-refractivity contribution in [3.63, 3.8) is 0 Å². The van der Waals surface area contributed by atoms with Gasteiger partial charge in [-0.3, -0.25) is 4.79 Å². The van der Waals surface area contributed by atoms with Crippen LogP contribution in [0.25, 0.3) is 0 Å². The molecule has 116 valence electrons. The molecule has 0 heterocycles. The molecule has 21 heavy (non-hydrogen) atoms. The molecule has 0 spiro atoms. The summed E-state index contributed by atoms with van der Waals surface area (Å²) in [6.07, 6.45) is 0.0280. The quantitative estimate of drug-likeness (QED) is 0.854. The molecule has 2 unspecified atom stereocenters. The highest BCUT2D eigenvalue weighted by molar-refractivity contribution is 7.91. The van der Waals surface area contributed by atoms with Crippen molar-refractivity contribution in [3.05, 3.63) is 30.3 Å². The third-order valence-electron chi connectivity index (χ3n) is 4.25. The lowest BCUT2D eigenvalue weighted by Gasteiger charge is -2.49. The van der Waals surface area contributed by atoms with E-state index in [2.05, 4.69) is 5.32 Å². The van der Waals surface area contributed by atoms with Gasteiger partial charge in [0.05, 0.1) is 16.8 Å². The SMILES string of the molecule is CC1(C)C(O)CC1NC(=O)CCS(=O)(=O)c1ccccc1. The van der Waals surface area contributed by atoms with Crippen molar-refractivity contribution < 1.29 is 18.3 Å². The van der Waals surface area contributed by atoms with E-state index in [-0.39, 0.29) is 34.4 Å². The number of aliphatic hydroxyl groups excluding tert-OH is 1. The average molecular weight is 311 g/mol. The summed E-state index contributed by atoms with van der Waals surface area (Å²) in [5, 5.41) is 12.4. The minimum Gasteiger partial charge on any atom is -0.392 e. The maximum absolute atomic E-state index is 12.1. The highest BCUT2D eigenvalue weighted by Crippen LogP contribution is 2.40. The molecule has 1 aliphatic rings. The molecule has 0 aromatic heterocycles. The van der Waals surface area contributed by atoms with Gasteiger partial charge in [0, 0.05) is 17.9 Å². The van der Waals surface area contributed by atoms with Crippen LogP contribution in [0.15, 0.2) is 35.2 Å². The zero-order valence-electron chi connectivity index (χ0n) is 12.2. The Labute approximate surface area is 125 Å². The van der Waals surface area contributed by atoms with Crippen LogP contribution in [0.5, 0.6) is 0 Å². The Balaban J connectivity index is 1.88. The van der Waals surface area contributed by atoms with Gasteiger partial charge in [-0.25, -0.2) is 8.42 Å². The lowest BCUT2D eigenvalue weighted by Crippen LogP contribution is -2.61. The Bertz CT molecular complexity index is 610. The molecular formula is C15H21NO4S. The Hall–Kier alpha value is -1.40. The predicted molar refractivity (Wildman–Crippen MR) is 79.4 cm³/mol. The summed E-state index contributed by atoms with van der Waals surface area (Å²) in [5.74, 6) is -0.502. The minimum absolute atomic E-state index is 0.0695. The number of nitrogens with one attached hydrogen (secondary N) is 1. The number of carbonyl (C=O) groups is 1. The number of rotatable bonds is 5. The van der Waals surface area contributed by atoms with Crippen LogP contribution in [0.2, 0.25) is 0 Å². The zero-order chi connectivity index (χ0) is 15.7. The van der Waals surface area contributed by atoms with E-state index in [0.717, 1.165) is 0 Å². The molecular weight excluding hydrogens is 290 g/mol. The number of benzene rings is 1. The fourth-order valence-electron chi connectivity index (χ4n) is 2.39. The van der Waals surface area contributed by atoms with Crippen LogP contribution in [0.4, 0.5) is 0 Å². The number of sulfone groups is 1. The largest absolute Gasteiger partial charge is 0.392 e. The molecule has 5 nitrogen and oxygen atoms in total. The maximum atomic E-state index is 12.1. The summed E-state index contributed by atoms with van der Waals surface area (Å²) in [4.78, 5) is 12.1. The van der Waals surface area contributed by atoms with E-state index in [1.54, 1.807) is 18.2 Å². The van der Waals surface area contributed by atoms with E-state index in [1.807, 2.05) is 13.8 Å². The fraction of sp³-hybridized carbons (Fsp3) is 0.533. The van der Waals surface area contributed by atoms with Crippen molar-refractivity contribution in [2.24, 2.45) is 5.41 Å².